The number of non-ortho nitro benzene ring substituents is 1. The van der Waals surface area contributed by atoms with Crippen molar-refractivity contribution in [2.24, 2.45) is 5.73 Å². The van der Waals surface area contributed by atoms with Gasteiger partial charge in [0.2, 0.25) is 5.91 Å². The first-order valence-electron chi connectivity index (χ1n) is 8.33. The summed E-state index contributed by atoms with van der Waals surface area (Å²) in [6.45, 7) is -0.253. The number of ether oxygens (including phenoxy) is 1. The molecular weight excluding hydrogens is 398 g/mol. The number of carbonyl (C=O) groups is 3. The molecule has 1 aliphatic rings. The first-order chi connectivity index (χ1) is 13.8. The van der Waals surface area contributed by atoms with Gasteiger partial charge in [-0.3, -0.25) is 29.4 Å². The van der Waals surface area contributed by atoms with Crippen LogP contribution in [0.1, 0.15) is 11.1 Å². The van der Waals surface area contributed by atoms with E-state index in [1.165, 1.54) is 18.2 Å². The van der Waals surface area contributed by atoms with Crippen molar-refractivity contribution >= 4 is 40.6 Å². The predicted octanol–water partition coefficient (Wildman–Crippen LogP) is 2.70. The molecule has 0 spiro atoms. The molecule has 0 unspecified atom stereocenters. The monoisotopic (exact) mass is 413 g/mol. The number of nitro benzene ring substituents is 1. The summed E-state index contributed by atoms with van der Waals surface area (Å²) in [7, 11) is 0. The van der Waals surface area contributed by atoms with Crippen LogP contribution in [0.4, 0.5) is 10.5 Å². The molecule has 3 rings (SSSR count). The maximum Gasteiger partial charge on any atom is 0.294 e. The van der Waals surface area contributed by atoms with Crippen molar-refractivity contribution in [1.82, 2.24) is 4.90 Å². The van der Waals surface area contributed by atoms with E-state index < -0.39 is 28.5 Å². The van der Waals surface area contributed by atoms with E-state index in [9.17, 15) is 24.5 Å². The van der Waals surface area contributed by atoms with Crippen molar-refractivity contribution in [3.63, 3.8) is 0 Å². The number of rotatable bonds is 7. The number of primary amides is 1. The third-order valence-corrected chi connectivity index (χ3v) is 4.80. The maximum absolute atomic E-state index is 12.3. The van der Waals surface area contributed by atoms with Crippen molar-refractivity contribution in [3.8, 4) is 5.75 Å². The lowest BCUT2D eigenvalue weighted by molar-refractivity contribution is -0.384. The Morgan fingerprint density at radius 2 is 1.93 bits per heavy atom. The molecule has 0 bridgehead atoms. The first kappa shape index (κ1) is 20.1. The van der Waals surface area contributed by atoms with Gasteiger partial charge in [0.05, 0.1) is 9.83 Å². The van der Waals surface area contributed by atoms with Crippen LogP contribution in [0.15, 0.2) is 53.4 Å². The van der Waals surface area contributed by atoms with Crippen molar-refractivity contribution < 1.29 is 24.0 Å². The Balaban J connectivity index is 1.69. The van der Waals surface area contributed by atoms with Gasteiger partial charge in [-0.2, -0.15) is 0 Å². The van der Waals surface area contributed by atoms with Crippen LogP contribution in [-0.2, 0) is 16.2 Å². The van der Waals surface area contributed by atoms with Crippen LogP contribution >= 0.6 is 11.8 Å². The summed E-state index contributed by atoms with van der Waals surface area (Å²) in [5.41, 5.74) is 6.45. The van der Waals surface area contributed by atoms with Crippen molar-refractivity contribution in [1.29, 1.82) is 0 Å². The lowest BCUT2D eigenvalue weighted by Crippen LogP contribution is -2.36. The zero-order valence-corrected chi connectivity index (χ0v) is 15.8. The summed E-state index contributed by atoms with van der Waals surface area (Å²) < 4.78 is 5.69. The second-order valence-electron chi connectivity index (χ2n) is 6.02. The highest BCUT2D eigenvalue weighted by Gasteiger charge is 2.35. The van der Waals surface area contributed by atoms with E-state index in [4.69, 9.17) is 10.5 Å². The van der Waals surface area contributed by atoms with E-state index in [2.05, 4.69) is 0 Å². The van der Waals surface area contributed by atoms with E-state index in [-0.39, 0.29) is 17.2 Å². The summed E-state index contributed by atoms with van der Waals surface area (Å²) in [6, 6.07) is 12.9. The number of benzene rings is 2. The number of thioether (sulfide) groups is 1. The summed E-state index contributed by atoms with van der Waals surface area (Å²) in [5, 5.41) is 10.1. The van der Waals surface area contributed by atoms with Gasteiger partial charge in [-0.05, 0) is 53.2 Å². The Morgan fingerprint density at radius 1 is 1.21 bits per heavy atom. The smallest absolute Gasteiger partial charge is 0.294 e. The number of amides is 3. The normalized spacial score (nSPS) is 15.0. The highest BCUT2D eigenvalue weighted by molar-refractivity contribution is 8.18. The average molecular weight is 413 g/mol. The zero-order valence-electron chi connectivity index (χ0n) is 14.9. The van der Waals surface area contributed by atoms with Gasteiger partial charge in [-0.15, -0.1) is 0 Å². The highest BCUT2D eigenvalue weighted by atomic mass is 32.2. The molecule has 148 valence electrons. The van der Waals surface area contributed by atoms with Gasteiger partial charge in [-0.1, -0.05) is 12.1 Å². The molecule has 3 amide bonds. The lowest BCUT2D eigenvalue weighted by Gasteiger charge is -2.08. The number of hydrogen-bond donors (Lipinski definition) is 1. The number of nitrogens with two attached hydrogens (primary N) is 1. The molecule has 1 fully saturated rings. The summed E-state index contributed by atoms with van der Waals surface area (Å²) in [4.78, 5) is 46.3. The molecule has 2 aromatic rings. The summed E-state index contributed by atoms with van der Waals surface area (Å²) in [5.74, 6) is -0.820. The maximum atomic E-state index is 12.3. The standard InChI is InChI=1S/C19H15N3O6S/c20-17(23)10-21-18(24)16(29-19(21)25)9-13-2-1-3-15(8-13)28-11-12-4-6-14(7-5-12)22(26)27/h1-9H,10-11H2,(H2,20,23)/b16-9-. The minimum Gasteiger partial charge on any atom is -0.489 e. The molecule has 2 N–H and O–H groups in total. The minimum atomic E-state index is -0.768. The van der Waals surface area contributed by atoms with Gasteiger partial charge >= 0.3 is 0 Å². The number of nitro groups is 1. The Bertz CT molecular complexity index is 1020. The van der Waals surface area contributed by atoms with Crippen LogP contribution in [0, 0.1) is 10.1 Å². The fourth-order valence-corrected chi connectivity index (χ4v) is 3.36. The Labute approximate surface area is 169 Å². The van der Waals surface area contributed by atoms with Crippen LogP contribution in [0.25, 0.3) is 6.08 Å². The van der Waals surface area contributed by atoms with E-state index in [1.54, 1.807) is 36.4 Å². The van der Waals surface area contributed by atoms with Crippen LogP contribution in [0.2, 0.25) is 0 Å². The van der Waals surface area contributed by atoms with E-state index >= 15 is 0 Å². The second-order valence-corrected chi connectivity index (χ2v) is 7.01. The van der Waals surface area contributed by atoms with Crippen LogP contribution in [-0.4, -0.2) is 33.4 Å². The molecule has 10 heteroatoms. The SMILES string of the molecule is NC(=O)CN1C(=O)S/C(=C\c2cccc(OCc3ccc([N+](=O)[O-])cc3)c2)C1=O. The topological polar surface area (TPSA) is 133 Å². The molecule has 9 nitrogen and oxygen atoms in total. The third-order valence-electron chi connectivity index (χ3n) is 3.90. The number of carbonyl (C=O) groups excluding carboxylic acids is 3. The van der Waals surface area contributed by atoms with E-state index in [1.807, 2.05) is 0 Å². The molecule has 0 aliphatic carbocycles. The highest BCUT2D eigenvalue weighted by Crippen LogP contribution is 2.32. The number of hydrogen-bond acceptors (Lipinski definition) is 7. The first-order valence-corrected chi connectivity index (χ1v) is 9.15. The van der Waals surface area contributed by atoms with Gasteiger partial charge < -0.3 is 10.5 Å². The van der Waals surface area contributed by atoms with Crippen LogP contribution < -0.4 is 10.5 Å². The summed E-state index contributed by atoms with van der Waals surface area (Å²) >= 11 is 0.733. The van der Waals surface area contributed by atoms with Crippen LogP contribution in [0.5, 0.6) is 5.75 Å². The van der Waals surface area contributed by atoms with E-state index in [0.29, 0.717) is 11.3 Å². The Kier molecular flexibility index (Phi) is 5.93. The molecule has 0 atom stereocenters. The number of imide groups is 1. The molecule has 0 radical (unpaired) electrons. The van der Waals surface area contributed by atoms with E-state index in [0.717, 1.165) is 22.2 Å². The lowest BCUT2D eigenvalue weighted by atomic mass is 10.2. The molecular formula is C19H15N3O6S. The molecule has 1 heterocycles. The molecule has 1 aliphatic heterocycles. The Hall–Kier alpha value is -3.66. The van der Waals surface area contributed by atoms with Crippen LogP contribution in [0.3, 0.4) is 0 Å². The molecule has 0 aromatic heterocycles. The summed E-state index contributed by atoms with van der Waals surface area (Å²) in [6.07, 6.45) is 1.53. The van der Waals surface area contributed by atoms with Crippen molar-refractivity contribution in [2.45, 2.75) is 6.61 Å². The van der Waals surface area contributed by atoms with Crippen molar-refractivity contribution in [3.05, 3.63) is 74.7 Å². The van der Waals surface area contributed by atoms with Crippen molar-refractivity contribution in [2.75, 3.05) is 6.54 Å². The van der Waals surface area contributed by atoms with Gasteiger partial charge in [0.25, 0.3) is 16.8 Å². The van der Waals surface area contributed by atoms with Gasteiger partial charge in [0, 0.05) is 12.1 Å². The number of nitrogens with zero attached hydrogens (tertiary/aromatic N) is 2. The second kappa shape index (κ2) is 8.57. The zero-order chi connectivity index (χ0) is 21.0. The molecule has 2 aromatic carbocycles. The quantitative estimate of drug-likeness (QED) is 0.419. The molecule has 1 saturated heterocycles. The fraction of sp³-hybridized carbons (Fsp3) is 0.105. The largest absolute Gasteiger partial charge is 0.489 e. The van der Waals surface area contributed by atoms with Gasteiger partial charge in [0.15, 0.2) is 0 Å². The fourth-order valence-electron chi connectivity index (χ4n) is 2.52. The Morgan fingerprint density at radius 3 is 2.59 bits per heavy atom. The van der Waals surface area contributed by atoms with Gasteiger partial charge in [-0.25, -0.2) is 0 Å². The third kappa shape index (κ3) is 4.99. The minimum absolute atomic E-state index is 0.000953. The van der Waals surface area contributed by atoms with Gasteiger partial charge in [0.1, 0.15) is 18.9 Å². The predicted molar refractivity (Wildman–Crippen MR) is 106 cm³/mol. The molecule has 29 heavy (non-hydrogen) atoms. The average Bonchev–Trinajstić information content (AvgIpc) is 2.94. The molecule has 0 saturated carbocycles.